The van der Waals surface area contributed by atoms with E-state index >= 15 is 0 Å². The smallest absolute Gasteiger partial charge is 0.337 e. The van der Waals surface area contributed by atoms with E-state index in [1.807, 2.05) is 13.8 Å². The summed E-state index contributed by atoms with van der Waals surface area (Å²) < 4.78 is 26.0. The molecule has 0 saturated carbocycles. The van der Waals surface area contributed by atoms with Gasteiger partial charge in [-0.3, -0.25) is 4.79 Å². The molecule has 0 fully saturated rings. The van der Waals surface area contributed by atoms with Gasteiger partial charge >= 0.3 is 5.97 Å². The van der Waals surface area contributed by atoms with Crippen molar-refractivity contribution in [1.29, 1.82) is 0 Å². The minimum atomic E-state index is -1.43. The molecule has 1 rings (SSSR count). The predicted octanol–water partition coefficient (Wildman–Crippen LogP) is 3.04. The summed E-state index contributed by atoms with van der Waals surface area (Å²) in [4.78, 5) is 22.5. The largest absolute Gasteiger partial charge is 0.478 e. The summed E-state index contributed by atoms with van der Waals surface area (Å²) in [6, 6.07) is 1.22. The first-order valence-corrected chi connectivity index (χ1v) is 5.83. The number of halogens is 2. The van der Waals surface area contributed by atoms with E-state index in [2.05, 4.69) is 5.32 Å². The Morgan fingerprint density at radius 2 is 1.84 bits per heavy atom. The third kappa shape index (κ3) is 4.31. The van der Waals surface area contributed by atoms with E-state index in [0.717, 1.165) is 0 Å². The molecule has 4 nitrogen and oxygen atoms in total. The van der Waals surface area contributed by atoms with Crippen LogP contribution in [0.25, 0.3) is 0 Å². The Bertz CT molecular complexity index is 501. The number of carboxylic acids is 1. The third-order valence-corrected chi connectivity index (χ3v) is 2.51. The molecule has 19 heavy (non-hydrogen) atoms. The molecule has 0 atom stereocenters. The van der Waals surface area contributed by atoms with Gasteiger partial charge in [-0.1, -0.05) is 13.8 Å². The monoisotopic (exact) mass is 271 g/mol. The van der Waals surface area contributed by atoms with Gasteiger partial charge in [0, 0.05) is 12.5 Å². The van der Waals surface area contributed by atoms with E-state index in [1.54, 1.807) is 0 Å². The van der Waals surface area contributed by atoms with E-state index in [0.29, 0.717) is 24.5 Å². The molecule has 6 heteroatoms. The Morgan fingerprint density at radius 3 is 2.37 bits per heavy atom. The molecular weight excluding hydrogens is 256 g/mol. The van der Waals surface area contributed by atoms with Gasteiger partial charge in [0.15, 0.2) is 11.6 Å². The number of hydrogen-bond acceptors (Lipinski definition) is 2. The van der Waals surface area contributed by atoms with Crippen LogP contribution in [0.5, 0.6) is 0 Å². The van der Waals surface area contributed by atoms with Gasteiger partial charge in [0.25, 0.3) is 0 Å². The average molecular weight is 271 g/mol. The summed E-state index contributed by atoms with van der Waals surface area (Å²) in [6.45, 7) is 3.88. The summed E-state index contributed by atoms with van der Waals surface area (Å²) in [5.41, 5.74) is -0.711. The highest BCUT2D eigenvalue weighted by Crippen LogP contribution is 2.20. The maximum absolute atomic E-state index is 13.1. The van der Waals surface area contributed by atoms with Crippen LogP contribution in [-0.4, -0.2) is 17.0 Å². The second-order valence-corrected chi connectivity index (χ2v) is 4.60. The second-order valence-electron chi connectivity index (χ2n) is 4.60. The number of amides is 1. The van der Waals surface area contributed by atoms with Crippen LogP contribution >= 0.6 is 0 Å². The fraction of sp³-hybridized carbons (Fsp3) is 0.385. The van der Waals surface area contributed by atoms with Gasteiger partial charge < -0.3 is 10.4 Å². The molecule has 1 aromatic rings. The molecule has 0 aliphatic carbocycles. The summed E-state index contributed by atoms with van der Waals surface area (Å²) in [5, 5.41) is 11.2. The number of rotatable bonds is 5. The molecule has 0 bridgehead atoms. The SMILES string of the molecule is CC(C)CCC(=O)Nc1cc(F)c(F)cc1C(=O)O. The van der Waals surface area contributed by atoms with Gasteiger partial charge in [-0.15, -0.1) is 0 Å². The van der Waals surface area contributed by atoms with Gasteiger partial charge in [-0.2, -0.15) is 0 Å². The maximum atomic E-state index is 13.1. The van der Waals surface area contributed by atoms with Crippen molar-refractivity contribution in [1.82, 2.24) is 0 Å². The molecule has 0 unspecified atom stereocenters. The van der Waals surface area contributed by atoms with Crippen LogP contribution in [0, 0.1) is 17.6 Å². The van der Waals surface area contributed by atoms with E-state index in [-0.39, 0.29) is 12.1 Å². The lowest BCUT2D eigenvalue weighted by atomic mass is 10.1. The normalized spacial score (nSPS) is 10.6. The quantitative estimate of drug-likeness (QED) is 0.865. The first-order valence-electron chi connectivity index (χ1n) is 5.83. The molecule has 0 radical (unpaired) electrons. The first-order chi connectivity index (χ1) is 8.81. The van der Waals surface area contributed by atoms with Gasteiger partial charge in [0.1, 0.15) is 0 Å². The number of benzene rings is 1. The Balaban J connectivity index is 2.90. The molecule has 0 saturated heterocycles. The van der Waals surface area contributed by atoms with Gasteiger partial charge in [-0.25, -0.2) is 13.6 Å². The van der Waals surface area contributed by atoms with Crippen LogP contribution in [-0.2, 0) is 4.79 Å². The van der Waals surface area contributed by atoms with Crippen molar-refractivity contribution in [3.8, 4) is 0 Å². The minimum absolute atomic E-state index is 0.190. The Morgan fingerprint density at radius 1 is 1.26 bits per heavy atom. The van der Waals surface area contributed by atoms with E-state index < -0.39 is 29.1 Å². The van der Waals surface area contributed by atoms with E-state index in [9.17, 15) is 18.4 Å². The van der Waals surface area contributed by atoms with Crippen molar-refractivity contribution in [2.24, 2.45) is 5.92 Å². The van der Waals surface area contributed by atoms with Gasteiger partial charge in [0.05, 0.1) is 11.3 Å². The summed E-state index contributed by atoms with van der Waals surface area (Å²) >= 11 is 0. The van der Waals surface area contributed by atoms with E-state index in [4.69, 9.17) is 5.11 Å². The van der Waals surface area contributed by atoms with Crippen LogP contribution in [0.15, 0.2) is 12.1 Å². The molecule has 0 spiro atoms. The molecular formula is C13H15F2NO3. The lowest BCUT2D eigenvalue weighted by Crippen LogP contribution is -2.15. The number of carboxylic acid groups (broad SMARTS) is 1. The Labute approximate surface area is 109 Å². The van der Waals surface area contributed by atoms with Crippen molar-refractivity contribution in [3.05, 3.63) is 29.3 Å². The molecule has 1 aromatic carbocycles. The fourth-order valence-electron chi connectivity index (χ4n) is 1.46. The average Bonchev–Trinajstić information content (AvgIpc) is 2.30. The number of hydrogen-bond donors (Lipinski definition) is 2. The van der Waals surface area contributed by atoms with Crippen LogP contribution in [0.3, 0.4) is 0 Å². The summed E-state index contributed by atoms with van der Waals surface area (Å²) in [6.07, 6.45) is 0.813. The standard InChI is InChI=1S/C13H15F2NO3/c1-7(2)3-4-12(17)16-11-6-10(15)9(14)5-8(11)13(18)19/h5-7H,3-4H2,1-2H3,(H,16,17)(H,18,19). The maximum Gasteiger partial charge on any atom is 0.337 e. The molecule has 1 amide bonds. The van der Waals surface area contributed by atoms with Crippen LogP contribution in [0.1, 0.15) is 37.0 Å². The Hall–Kier alpha value is -1.98. The zero-order valence-corrected chi connectivity index (χ0v) is 10.7. The third-order valence-electron chi connectivity index (χ3n) is 2.51. The Kier molecular flexibility index (Phi) is 4.97. The number of nitrogens with one attached hydrogen (secondary N) is 1. The highest BCUT2D eigenvalue weighted by atomic mass is 19.2. The van der Waals surface area contributed by atoms with Crippen molar-refractivity contribution >= 4 is 17.6 Å². The zero-order chi connectivity index (χ0) is 14.6. The lowest BCUT2D eigenvalue weighted by Gasteiger charge is -2.10. The van der Waals surface area contributed by atoms with Gasteiger partial charge in [0.2, 0.25) is 5.91 Å². The highest BCUT2D eigenvalue weighted by molar-refractivity contribution is 6.00. The number of carbonyl (C=O) groups excluding carboxylic acids is 1. The number of carbonyl (C=O) groups is 2. The summed E-state index contributed by atoms with van der Waals surface area (Å²) in [7, 11) is 0. The minimum Gasteiger partial charge on any atom is -0.478 e. The second kappa shape index (κ2) is 6.26. The van der Waals surface area contributed by atoms with Gasteiger partial charge in [-0.05, 0) is 18.4 Å². The number of anilines is 1. The van der Waals surface area contributed by atoms with Crippen molar-refractivity contribution < 1.29 is 23.5 Å². The van der Waals surface area contributed by atoms with Crippen LogP contribution in [0.2, 0.25) is 0 Å². The van der Waals surface area contributed by atoms with Crippen molar-refractivity contribution in [3.63, 3.8) is 0 Å². The molecule has 0 heterocycles. The number of aromatic carboxylic acids is 1. The first kappa shape index (κ1) is 15.1. The molecule has 0 aromatic heterocycles. The highest BCUT2D eigenvalue weighted by Gasteiger charge is 2.17. The van der Waals surface area contributed by atoms with Crippen molar-refractivity contribution in [2.75, 3.05) is 5.32 Å². The molecule has 2 N–H and O–H groups in total. The van der Waals surface area contributed by atoms with Crippen molar-refractivity contribution in [2.45, 2.75) is 26.7 Å². The zero-order valence-electron chi connectivity index (χ0n) is 10.7. The van der Waals surface area contributed by atoms with Crippen LogP contribution in [0.4, 0.5) is 14.5 Å². The molecule has 104 valence electrons. The van der Waals surface area contributed by atoms with E-state index in [1.165, 1.54) is 0 Å². The lowest BCUT2D eigenvalue weighted by molar-refractivity contribution is -0.116. The summed E-state index contributed by atoms with van der Waals surface area (Å²) in [5.74, 6) is -4.02. The molecule has 0 aliphatic heterocycles. The van der Waals surface area contributed by atoms with Crippen LogP contribution < -0.4 is 5.32 Å². The predicted molar refractivity (Wildman–Crippen MR) is 66.0 cm³/mol. The fourth-order valence-corrected chi connectivity index (χ4v) is 1.46. The molecule has 0 aliphatic rings. The topological polar surface area (TPSA) is 66.4 Å².